The molecule has 1 N–H and O–H groups in total. The third-order valence-electron chi connectivity index (χ3n) is 5.97. The molecule has 170 valence electrons. The van der Waals surface area contributed by atoms with Gasteiger partial charge in [-0.15, -0.1) is 0 Å². The van der Waals surface area contributed by atoms with E-state index in [2.05, 4.69) is 38.1 Å². The lowest BCUT2D eigenvalue weighted by molar-refractivity contribution is 0.0365. The molecule has 8 heteroatoms. The Labute approximate surface area is 197 Å². The highest BCUT2D eigenvalue weighted by atomic mass is 32.2. The van der Waals surface area contributed by atoms with E-state index in [4.69, 9.17) is 4.74 Å². The van der Waals surface area contributed by atoms with Crippen molar-refractivity contribution in [3.8, 4) is 5.69 Å². The van der Waals surface area contributed by atoms with E-state index in [1.54, 1.807) is 18.0 Å². The van der Waals surface area contributed by atoms with Gasteiger partial charge in [0.2, 0.25) is 0 Å². The van der Waals surface area contributed by atoms with Gasteiger partial charge in [-0.3, -0.25) is 14.3 Å². The topological polar surface area (TPSA) is 64.3 Å². The Balaban J connectivity index is 1.28. The summed E-state index contributed by atoms with van der Waals surface area (Å²) < 4.78 is 9.68. The molecule has 0 radical (unpaired) electrons. The van der Waals surface area contributed by atoms with E-state index in [0.29, 0.717) is 5.56 Å². The number of aromatic nitrogens is 3. The van der Waals surface area contributed by atoms with Gasteiger partial charge in [-0.2, -0.15) is 0 Å². The van der Waals surface area contributed by atoms with Crippen LogP contribution in [0.25, 0.3) is 16.6 Å². The summed E-state index contributed by atoms with van der Waals surface area (Å²) in [6.07, 6.45) is 7.78. The summed E-state index contributed by atoms with van der Waals surface area (Å²) >= 11 is 1.57. The summed E-state index contributed by atoms with van der Waals surface area (Å²) in [5.74, 6) is -0.131. The molecule has 1 aliphatic rings. The maximum Gasteiger partial charge on any atom is 0.255 e. The number of rotatable bonds is 7. The number of carbonyl (C=O) groups excluding carboxylic acids is 1. The van der Waals surface area contributed by atoms with Crippen molar-refractivity contribution >= 4 is 34.3 Å². The van der Waals surface area contributed by atoms with Gasteiger partial charge in [0.05, 0.1) is 13.2 Å². The summed E-state index contributed by atoms with van der Waals surface area (Å²) in [4.78, 5) is 19.7. The zero-order chi connectivity index (χ0) is 22.6. The number of ether oxygens (including phenoxy) is 1. The highest BCUT2D eigenvalue weighted by Crippen LogP contribution is 2.23. The van der Waals surface area contributed by atoms with E-state index in [0.717, 1.165) is 61.3 Å². The molecule has 5 rings (SSSR count). The van der Waals surface area contributed by atoms with Crippen molar-refractivity contribution in [2.45, 2.75) is 11.7 Å². The van der Waals surface area contributed by atoms with Crippen molar-refractivity contribution < 1.29 is 9.53 Å². The fourth-order valence-corrected chi connectivity index (χ4v) is 4.71. The first-order chi connectivity index (χ1) is 16.2. The van der Waals surface area contributed by atoms with Crippen molar-refractivity contribution in [1.82, 2.24) is 19.0 Å². The number of imidazole rings is 1. The standard InChI is InChI=1S/C25H27N5O2S/c1-33-25-26-8-10-30(25)22-4-2-3-20(18-22)24(31)27-21-5-6-23-19(17-21)7-9-29(23)12-11-28-13-15-32-16-14-28/h2-10,17-18H,11-16H2,1H3,(H,27,31). The summed E-state index contributed by atoms with van der Waals surface area (Å²) in [6, 6.07) is 15.8. The number of amides is 1. The van der Waals surface area contributed by atoms with Crippen LogP contribution in [0.2, 0.25) is 0 Å². The first kappa shape index (κ1) is 21.8. The number of carbonyl (C=O) groups is 1. The maximum absolute atomic E-state index is 12.9. The first-order valence-corrected chi connectivity index (χ1v) is 12.3. The summed E-state index contributed by atoms with van der Waals surface area (Å²) in [7, 11) is 0. The third kappa shape index (κ3) is 4.83. The third-order valence-corrected chi connectivity index (χ3v) is 6.63. The summed E-state index contributed by atoms with van der Waals surface area (Å²) in [6.45, 7) is 5.58. The fourth-order valence-electron chi connectivity index (χ4n) is 4.18. The molecule has 0 aliphatic carbocycles. The predicted octanol–water partition coefficient (Wildman–Crippen LogP) is 4.13. The molecule has 1 saturated heterocycles. The lowest BCUT2D eigenvalue weighted by atomic mass is 10.1. The second-order valence-electron chi connectivity index (χ2n) is 8.03. The Kier molecular flexibility index (Phi) is 6.48. The summed E-state index contributed by atoms with van der Waals surface area (Å²) in [5.41, 5.74) is 3.48. The van der Waals surface area contributed by atoms with Crippen LogP contribution < -0.4 is 5.32 Å². The molecule has 1 fully saturated rings. The lowest BCUT2D eigenvalue weighted by Crippen LogP contribution is -2.38. The van der Waals surface area contributed by atoms with E-state index < -0.39 is 0 Å². The molecule has 0 saturated carbocycles. The Hall–Kier alpha value is -3.07. The molecule has 4 aromatic rings. The smallest absolute Gasteiger partial charge is 0.255 e. The van der Waals surface area contributed by atoms with Crippen LogP contribution in [0.1, 0.15) is 10.4 Å². The van der Waals surface area contributed by atoms with E-state index >= 15 is 0 Å². The number of fused-ring (bicyclic) bond motifs is 1. The van der Waals surface area contributed by atoms with Crippen LogP contribution in [0.4, 0.5) is 5.69 Å². The minimum Gasteiger partial charge on any atom is -0.379 e. The second-order valence-corrected chi connectivity index (χ2v) is 8.80. The lowest BCUT2D eigenvalue weighted by Gasteiger charge is -2.26. The molecular formula is C25H27N5O2S. The van der Waals surface area contributed by atoms with Gasteiger partial charge in [-0.25, -0.2) is 4.98 Å². The van der Waals surface area contributed by atoms with E-state index in [-0.39, 0.29) is 5.91 Å². The van der Waals surface area contributed by atoms with Gasteiger partial charge >= 0.3 is 0 Å². The number of anilines is 1. The molecule has 0 bridgehead atoms. The average molecular weight is 462 g/mol. The molecule has 0 spiro atoms. The van der Waals surface area contributed by atoms with Crippen molar-refractivity contribution in [3.05, 3.63) is 72.7 Å². The quantitative estimate of drug-likeness (QED) is 0.419. The number of thioether (sulfide) groups is 1. The molecule has 1 amide bonds. The molecule has 0 unspecified atom stereocenters. The Morgan fingerprint density at radius 3 is 2.82 bits per heavy atom. The Morgan fingerprint density at radius 1 is 1.09 bits per heavy atom. The van der Waals surface area contributed by atoms with E-state index in [1.807, 2.05) is 53.4 Å². The minimum atomic E-state index is -0.131. The minimum absolute atomic E-state index is 0.131. The Morgan fingerprint density at radius 2 is 1.97 bits per heavy atom. The van der Waals surface area contributed by atoms with Crippen molar-refractivity contribution in [2.75, 3.05) is 44.4 Å². The van der Waals surface area contributed by atoms with E-state index in [1.165, 1.54) is 5.52 Å². The zero-order valence-electron chi connectivity index (χ0n) is 18.6. The number of hydrogen-bond donors (Lipinski definition) is 1. The SMILES string of the molecule is CSc1nccn1-c1cccc(C(=O)Nc2ccc3c(ccn3CCN3CCOCC3)c2)c1. The Bertz CT molecular complexity index is 1260. The summed E-state index contributed by atoms with van der Waals surface area (Å²) in [5, 5.41) is 5.05. The largest absolute Gasteiger partial charge is 0.379 e. The molecule has 0 atom stereocenters. The molecule has 1 aliphatic heterocycles. The van der Waals surface area contributed by atoms with Crippen molar-refractivity contribution in [3.63, 3.8) is 0 Å². The zero-order valence-corrected chi connectivity index (χ0v) is 19.4. The normalized spacial score (nSPS) is 14.6. The monoisotopic (exact) mass is 461 g/mol. The predicted molar refractivity (Wildman–Crippen MR) is 132 cm³/mol. The average Bonchev–Trinajstić information content (AvgIpc) is 3.50. The molecule has 2 aromatic heterocycles. The van der Waals surface area contributed by atoms with Crippen LogP contribution in [-0.4, -0.2) is 64.0 Å². The highest BCUT2D eigenvalue weighted by Gasteiger charge is 2.12. The first-order valence-electron chi connectivity index (χ1n) is 11.1. The van der Waals surface area contributed by atoms with Crippen LogP contribution >= 0.6 is 11.8 Å². The van der Waals surface area contributed by atoms with Crippen LogP contribution in [-0.2, 0) is 11.3 Å². The number of nitrogens with one attached hydrogen (secondary N) is 1. The number of benzene rings is 2. The maximum atomic E-state index is 12.9. The van der Waals surface area contributed by atoms with Crippen LogP contribution in [0.5, 0.6) is 0 Å². The molecule has 33 heavy (non-hydrogen) atoms. The van der Waals surface area contributed by atoms with E-state index in [9.17, 15) is 4.79 Å². The molecule has 7 nitrogen and oxygen atoms in total. The fraction of sp³-hybridized carbons (Fsp3) is 0.280. The van der Waals surface area contributed by atoms with Crippen molar-refractivity contribution in [2.24, 2.45) is 0 Å². The van der Waals surface area contributed by atoms with Gasteiger partial charge in [-0.1, -0.05) is 17.8 Å². The highest BCUT2D eigenvalue weighted by molar-refractivity contribution is 7.98. The molecule has 2 aromatic carbocycles. The van der Waals surface area contributed by atoms with Gasteiger partial charge < -0.3 is 14.6 Å². The number of hydrogen-bond acceptors (Lipinski definition) is 5. The van der Waals surface area contributed by atoms with Crippen LogP contribution in [0.3, 0.4) is 0 Å². The van der Waals surface area contributed by atoms with Gasteiger partial charge in [-0.05, 0) is 48.7 Å². The number of morpholine rings is 1. The van der Waals surface area contributed by atoms with Crippen LogP contribution in [0.15, 0.2) is 72.3 Å². The van der Waals surface area contributed by atoms with Gasteiger partial charge in [0, 0.05) is 72.6 Å². The van der Waals surface area contributed by atoms with Gasteiger partial charge in [0.25, 0.3) is 5.91 Å². The van der Waals surface area contributed by atoms with Crippen LogP contribution in [0, 0.1) is 0 Å². The van der Waals surface area contributed by atoms with Gasteiger partial charge in [0.15, 0.2) is 5.16 Å². The van der Waals surface area contributed by atoms with Crippen molar-refractivity contribution in [1.29, 1.82) is 0 Å². The van der Waals surface area contributed by atoms with Gasteiger partial charge in [0.1, 0.15) is 0 Å². The molecular weight excluding hydrogens is 434 g/mol. The number of nitrogens with zero attached hydrogens (tertiary/aromatic N) is 4. The molecule has 3 heterocycles. The second kappa shape index (κ2) is 9.82.